The number of carbonyl (C=O) groups excluding carboxylic acids is 2. The van der Waals surface area contributed by atoms with E-state index >= 15 is 0 Å². The molecule has 2 fully saturated rings. The Bertz CT molecular complexity index is 612. The number of hydrogen-bond acceptors (Lipinski definition) is 3. The molecule has 0 saturated carbocycles. The van der Waals surface area contributed by atoms with E-state index in [0.717, 1.165) is 24.1 Å². The lowest BCUT2D eigenvalue weighted by Crippen LogP contribution is -2.54. The molecule has 124 valence electrons. The van der Waals surface area contributed by atoms with Crippen molar-refractivity contribution in [3.63, 3.8) is 0 Å². The number of nitrogens with one attached hydrogen (secondary N) is 1. The van der Waals surface area contributed by atoms with E-state index in [1.54, 1.807) is 11.8 Å². The standard InChI is InChI=1S/C17H23N3O2S/c1-3-18-16(22)19-9-7-17(8-10-19)20(15(21)12-23-17)14-6-4-5-13(2)11-14/h4-6,11H,3,7-10,12H2,1-2H3,(H,18,22). The van der Waals surface area contributed by atoms with Gasteiger partial charge in [0.25, 0.3) is 0 Å². The van der Waals surface area contributed by atoms with Crippen molar-refractivity contribution in [2.24, 2.45) is 0 Å². The molecule has 0 unspecified atom stereocenters. The van der Waals surface area contributed by atoms with Crippen molar-refractivity contribution in [2.45, 2.75) is 31.6 Å². The number of carbonyl (C=O) groups is 2. The zero-order valence-electron chi connectivity index (χ0n) is 13.7. The Hall–Kier alpha value is -1.69. The summed E-state index contributed by atoms with van der Waals surface area (Å²) in [4.78, 5) is 28.1. The molecule has 23 heavy (non-hydrogen) atoms. The van der Waals surface area contributed by atoms with Gasteiger partial charge in [-0.1, -0.05) is 12.1 Å². The number of nitrogens with zero attached hydrogens (tertiary/aromatic N) is 2. The third-order valence-electron chi connectivity index (χ3n) is 4.54. The summed E-state index contributed by atoms with van der Waals surface area (Å²) in [6, 6.07) is 8.12. The fourth-order valence-corrected chi connectivity index (χ4v) is 4.72. The maximum Gasteiger partial charge on any atom is 0.317 e. The number of likely N-dealkylation sites (tertiary alicyclic amines) is 1. The van der Waals surface area contributed by atoms with Crippen LogP contribution in [-0.2, 0) is 4.79 Å². The van der Waals surface area contributed by atoms with Crippen molar-refractivity contribution in [1.29, 1.82) is 0 Å². The number of thioether (sulfide) groups is 1. The molecule has 5 nitrogen and oxygen atoms in total. The summed E-state index contributed by atoms with van der Waals surface area (Å²) in [6.07, 6.45) is 1.63. The molecule has 0 atom stereocenters. The lowest BCUT2D eigenvalue weighted by Gasteiger charge is -2.44. The van der Waals surface area contributed by atoms with E-state index in [0.29, 0.717) is 25.4 Å². The normalized spacial score (nSPS) is 20.2. The molecule has 1 aromatic carbocycles. The lowest BCUT2D eigenvalue weighted by atomic mass is 10.0. The topological polar surface area (TPSA) is 52.7 Å². The molecule has 2 aliphatic heterocycles. The first-order valence-electron chi connectivity index (χ1n) is 8.12. The van der Waals surface area contributed by atoms with Crippen molar-refractivity contribution in [3.05, 3.63) is 29.8 Å². The van der Waals surface area contributed by atoms with Crippen LogP contribution in [0.5, 0.6) is 0 Å². The predicted octanol–water partition coefficient (Wildman–Crippen LogP) is 2.60. The summed E-state index contributed by atoms with van der Waals surface area (Å²) in [7, 11) is 0. The summed E-state index contributed by atoms with van der Waals surface area (Å²) >= 11 is 1.73. The molecule has 0 aromatic heterocycles. The van der Waals surface area contributed by atoms with Crippen LogP contribution in [0.1, 0.15) is 25.3 Å². The minimum Gasteiger partial charge on any atom is -0.338 e. The number of rotatable bonds is 2. The molecule has 1 spiro atoms. The Balaban J connectivity index is 1.79. The van der Waals surface area contributed by atoms with Gasteiger partial charge in [0.15, 0.2) is 0 Å². The van der Waals surface area contributed by atoms with Crippen LogP contribution in [0.4, 0.5) is 10.5 Å². The minimum atomic E-state index is -0.201. The smallest absolute Gasteiger partial charge is 0.317 e. The second-order valence-electron chi connectivity index (χ2n) is 6.13. The SMILES string of the molecule is CCNC(=O)N1CCC2(CC1)SCC(=O)N2c1cccc(C)c1. The number of amides is 3. The molecule has 0 radical (unpaired) electrons. The van der Waals surface area contributed by atoms with Crippen LogP contribution in [0.15, 0.2) is 24.3 Å². The lowest BCUT2D eigenvalue weighted by molar-refractivity contribution is -0.116. The molecule has 6 heteroatoms. The fraction of sp³-hybridized carbons (Fsp3) is 0.529. The molecule has 0 aliphatic carbocycles. The van der Waals surface area contributed by atoms with Gasteiger partial charge < -0.3 is 10.2 Å². The molecular weight excluding hydrogens is 310 g/mol. The third-order valence-corrected chi connectivity index (χ3v) is 6.06. The fourth-order valence-electron chi connectivity index (χ4n) is 3.39. The number of anilines is 1. The van der Waals surface area contributed by atoms with Crippen LogP contribution in [0.3, 0.4) is 0 Å². The average molecular weight is 333 g/mol. The first kappa shape index (κ1) is 16.2. The second kappa shape index (κ2) is 6.43. The molecular formula is C17H23N3O2S. The van der Waals surface area contributed by atoms with E-state index in [2.05, 4.69) is 11.4 Å². The van der Waals surface area contributed by atoms with Gasteiger partial charge in [-0.2, -0.15) is 0 Å². The first-order chi connectivity index (χ1) is 11.1. The first-order valence-corrected chi connectivity index (χ1v) is 9.11. The minimum absolute atomic E-state index is 0.00113. The summed E-state index contributed by atoms with van der Waals surface area (Å²) in [5.41, 5.74) is 2.13. The Morgan fingerprint density at radius 2 is 2.09 bits per heavy atom. The summed E-state index contributed by atoms with van der Waals surface area (Å²) in [5.74, 6) is 0.696. The van der Waals surface area contributed by atoms with Gasteiger partial charge in [-0.3, -0.25) is 9.69 Å². The van der Waals surface area contributed by atoms with Gasteiger partial charge in [-0.25, -0.2) is 4.79 Å². The average Bonchev–Trinajstić information content (AvgIpc) is 2.84. The van der Waals surface area contributed by atoms with Crippen LogP contribution < -0.4 is 10.2 Å². The van der Waals surface area contributed by atoms with Crippen molar-refractivity contribution in [2.75, 3.05) is 30.3 Å². The Kier molecular flexibility index (Phi) is 4.53. The highest BCUT2D eigenvalue weighted by Gasteiger charge is 2.49. The van der Waals surface area contributed by atoms with Crippen LogP contribution in [0.2, 0.25) is 0 Å². The van der Waals surface area contributed by atoms with Gasteiger partial charge in [0, 0.05) is 25.3 Å². The number of hydrogen-bond donors (Lipinski definition) is 1. The number of piperidine rings is 1. The van der Waals surface area contributed by atoms with Crippen LogP contribution in [0.25, 0.3) is 0 Å². The van der Waals surface area contributed by atoms with Gasteiger partial charge in [0.2, 0.25) is 5.91 Å². The Morgan fingerprint density at radius 3 is 2.74 bits per heavy atom. The van der Waals surface area contributed by atoms with Crippen molar-refractivity contribution in [3.8, 4) is 0 Å². The van der Waals surface area contributed by atoms with E-state index in [1.165, 1.54) is 0 Å². The van der Waals surface area contributed by atoms with Gasteiger partial charge >= 0.3 is 6.03 Å². The van der Waals surface area contributed by atoms with Gasteiger partial charge in [-0.05, 0) is 44.4 Å². The maximum absolute atomic E-state index is 12.5. The summed E-state index contributed by atoms with van der Waals surface area (Å²) in [5, 5.41) is 2.85. The van der Waals surface area contributed by atoms with Crippen molar-refractivity contribution in [1.82, 2.24) is 10.2 Å². The van der Waals surface area contributed by atoms with Gasteiger partial charge in [0.1, 0.15) is 0 Å². The molecule has 1 aromatic rings. The van der Waals surface area contributed by atoms with E-state index in [-0.39, 0.29) is 16.8 Å². The highest BCUT2D eigenvalue weighted by Crippen LogP contribution is 2.46. The highest BCUT2D eigenvalue weighted by molar-refractivity contribution is 8.02. The monoisotopic (exact) mass is 333 g/mol. The zero-order valence-corrected chi connectivity index (χ0v) is 14.5. The third kappa shape index (κ3) is 3.04. The zero-order chi connectivity index (χ0) is 16.4. The molecule has 2 heterocycles. The van der Waals surface area contributed by atoms with E-state index in [1.807, 2.05) is 41.8 Å². The van der Waals surface area contributed by atoms with Gasteiger partial charge in [0.05, 0.1) is 10.6 Å². The number of benzene rings is 1. The van der Waals surface area contributed by atoms with E-state index in [4.69, 9.17) is 0 Å². The maximum atomic E-state index is 12.5. The van der Waals surface area contributed by atoms with Crippen LogP contribution in [0, 0.1) is 6.92 Å². The largest absolute Gasteiger partial charge is 0.338 e. The highest BCUT2D eigenvalue weighted by atomic mass is 32.2. The Morgan fingerprint density at radius 1 is 1.35 bits per heavy atom. The molecule has 2 aliphatic rings. The molecule has 0 bridgehead atoms. The number of aryl methyl sites for hydroxylation is 1. The molecule has 2 saturated heterocycles. The number of urea groups is 1. The second-order valence-corrected chi connectivity index (χ2v) is 7.46. The molecule has 3 amide bonds. The van der Waals surface area contributed by atoms with Crippen molar-refractivity contribution >= 4 is 29.4 Å². The molecule has 1 N–H and O–H groups in total. The van der Waals surface area contributed by atoms with Crippen LogP contribution in [-0.4, -0.2) is 47.1 Å². The van der Waals surface area contributed by atoms with Gasteiger partial charge in [-0.15, -0.1) is 11.8 Å². The van der Waals surface area contributed by atoms with E-state index < -0.39 is 0 Å². The molecule has 3 rings (SSSR count). The van der Waals surface area contributed by atoms with E-state index in [9.17, 15) is 9.59 Å². The Labute approximate surface area is 141 Å². The van der Waals surface area contributed by atoms with Crippen LogP contribution >= 0.6 is 11.8 Å². The summed E-state index contributed by atoms with van der Waals surface area (Å²) < 4.78 is 0. The van der Waals surface area contributed by atoms with Crippen molar-refractivity contribution < 1.29 is 9.59 Å². The summed E-state index contributed by atoms with van der Waals surface area (Å²) in [6.45, 7) is 5.99. The quantitative estimate of drug-likeness (QED) is 0.905. The predicted molar refractivity (Wildman–Crippen MR) is 93.7 cm³/mol.